The number of alkyl halides is 3. The van der Waals surface area contributed by atoms with Gasteiger partial charge in [0, 0.05) is 25.7 Å². The van der Waals surface area contributed by atoms with Gasteiger partial charge < -0.3 is 19.9 Å². The van der Waals surface area contributed by atoms with Crippen LogP contribution in [0.3, 0.4) is 0 Å². The molecule has 0 spiro atoms. The van der Waals surface area contributed by atoms with Crippen molar-refractivity contribution in [3.8, 4) is 0 Å². The molecule has 6 nitrogen and oxygen atoms in total. The highest BCUT2D eigenvalue weighted by molar-refractivity contribution is 5.84. The Balaban J connectivity index is 1.38. The van der Waals surface area contributed by atoms with E-state index in [1.165, 1.54) is 12.1 Å². The minimum Gasteiger partial charge on any atom is -0.366 e. The summed E-state index contributed by atoms with van der Waals surface area (Å²) in [4.78, 5) is 28.1. The van der Waals surface area contributed by atoms with Gasteiger partial charge in [0.2, 0.25) is 0 Å². The second kappa shape index (κ2) is 9.23. The van der Waals surface area contributed by atoms with Crippen molar-refractivity contribution in [2.45, 2.75) is 43.2 Å². The number of amides is 2. The number of piperazine rings is 1. The Bertz CT molecular complexity index is 1110. The van der Waals surface area contributed by atoms with Gasteiger partial charge in [-0.2, -0.15) is 13.2 Å². The number of nitrogens with zero attached hydrogens (tertiary/aromatic N) is 2. The van der Waals surface area contributed by atoms with Gasteiger partial charge in [0.15, 0.2) is 0 Å². The summed E-state index contributed by atoms with van der Waals surface area (Å²) in [7, 11) is 0. The molecule has 5 rings (SSSR count). The Morgan fingerprint density at radius 1 is 1.00 bits per heavy atom. The number of fused-ring (bicyclic) bond motifs is 2. The Labute approximate surface area is 199 Å². The summed E-state index contributed by atoms with van der Waals surface area (Å²) >= 11 is 0. The zero-order valence-corrected chi connectivity index (χ0v) is 18.8. The molecule has 0 aromatic heterocycles. The number of hydrogen-bond acceptors (Lipinski definition) is 4. The van der Waals surface area contributed by atoms with Crippen LogP contribution in [0.1, 0.15) is 29.2 Å². The van der Waals surface area contributed by atoms with Gasteiger partial charge in [0.05, 0.1) is 18.7 Å². The lowest BCUT2D eigenvalue weighted by atomic mass is 9.87. The van der Waals surface area contributed by atoms with Crippen LogP contribution in [0.15, 0.2) is 48.5 Å². The standard InChI is InChI=1S/C25H25F4N3O3/c26-17-7-5-16(6-8-17)22-18-4-2-1-3-15(18)9-11-32(22)23(33)21-13-19-20(14-35-21)31(12-10-30-19)24(34)25(27,28)29/h1-8,19-22,30H,9-14H2/t19-,20-,21+,22-/m0/s1. The van der Waals surface area contributed by atoms with Crippen LogP contribution in [-0.4, -0.2) is 72.2 Å². The van der Waals surface area contributed by atoms with Gasteiger partial charge >= 0.3 is 12.1 Å². The fourth-order valence-electron chi connectivity index (χ4n) is 5.43. The van der Waals surface area contributed by atoms with Crippen molar-refractivity contribution in [2.75, 3.05) is 26.2 Å². The van der Waals surface area contributed by atoms with E-state index in [0.29, 0.717) is 13.0 Å². The summed E-state index contributed by atoms with van der Waals surface area (Å²) in [6, 6.07) is 12.1. The van der Waals surface area contributed by atoms with Gasteiger partial charge in [-0.3, -0.25) is 9.59 Å². The van der Waals surface area contributed by atoms with Crippen LogP contribution in [0.2, 0.25) is 0 Å². The first kappa shape index (κ1) is 23.7. The number of benzene rings is 2. The van der Waals surface area contributed by atoms with Gasteiger partial charge in [0.25, 0.3) is 5.91 Å². The molecule has 186 valence electrons. The quantitative estimate of drug-likeness (QED) is 0.657. The van der Waals surface area contributed by atoms with Crippen LogP contribution >= 0.6 is 0 Å². The van der Waals surface area contributed by atoms with Crippen LogP contribution in [0.25, 0.3) is 0 Å². The summed E-state index contributed by atoms with van der Waals surface area (Å²) in [5, 5.41) is 3.16. The molecule has 3 aliphatic rings. The smallest absolute Gasteiger partial charge is 0.366 e. The van der Waals surface area contributed by atoms with Gasteiger partial charge in [-0.05, 0) is 41.7 Å². The third-order valence-corrected chi connectivity index (χ3v) is 7.09. The van der Waals surface area contributed by atoms with Crippen molar-refractivity contribution in [1.82, 2.24) is 15.1 Å². The number of nitrogens with one attached hydrogen (secondary N) is 1. The SMILES string of the molecule is O=C([C@H]1C[C@@H]2NCCN(C(=O)C(F)(F)F)[C@H]2CO1)N1CCc2ccccc2[C@@H]1c1ccc(F)cc1. The summed E-state index contributed by atoms with van der Waals surface area (Å²) < 4.78 is 58.6. The minimum atomic E-state index is -4.96. The predicted octanol–water partition coefficient (Wildman–Crippen LogP) is 2.82. The van der Waals surface area contributed by atoms with Crippen molar-refractivity contribution >= 4 is 11.8 Å². The van der Waals surface area contributed by atoms with Crippen LogP contribution in [-0.2, 0) is 20.7 Å². The first-order valence-corrected chi connectivity index (χ1v) is 11.6. The maximum Gasteiger partial charge on any atom is 0.471 e. The number of carbonyl (C=O) groups is 2. The van der Waals surface area contributed by atoms with E-state index in [1.807, 2.05) is 24.3 Å². The maximum atomic E-state index is 13.7. The van der Waals surface area contributed by atoms with Crippen molar-refractivity contribution < 1.29 is 31.9 Å². The highest BCUT2D eigenvalue weighted by Crippen LogP contribution is 2.37. The monoisotopic (exact) mass is 491 g/mol. The zero-order chi connectivity index (χ0) is 24.7. The van der Waals surface area contributed by atoms with E-state index in [1.54, 1.807) is 17.0 Å². The van der Waals surface area contributed by atoms with Gasteiger partial charge in [-0.15, -0.1) is 0 Å². The van der Waals surface area contributed by atoms with Crippen LogP contribution < -0.4 is 5.32 Å². The third kappa shape index (κ3) is 4.52. The fraction of sp³-hybridized carbons (Fsp3) is 0.440. The number of ether oxygens (including phenoxy) is 1. The molecule has 3 heterocycles. The van der Waals surface area contributed by atoms with Crippen molar-refractivity contribution in [3.05, 3.63) is 71.0 Å². The molecular weight excluding hydrogens is 466 g/mol. The molecule has 3 aliphatic heterocycles. The lowest BCUT2D eigenvalue weighted by Gasteiger charge is -2.47. The molecule has 1 N–H and O–H groups in total. The van der Waals surface area contributed by atoms with E-state index in [0.717, 1.165) is 21.6 Å². The van der Waals surface area contributed by atoms with Gasteiger partial charge in [-0.1, -0.05) is 36.4 Å². The van der Waals surface area contributed by atoms with Crippen LogP contribution in [0.5, 0.6) is 0 Å². The minimum absolute atomic E-state index is 0.0724. The summed E-state index contributed by atoms with van der Waals surface area (Å²) in [5.74, 6) is -2.53. The van der Waals surface area contributed by atoms with Crippen LogP contribution in [0.4, 0.5) is 17.6 Å². The molecule has 0 unspecified atom stereocenters. The van der Waals surface area contributed by atoms with E-state index in [2.05, 4.69) is 5.32 Å². The molecule has 0 radical (unpaired) electrons. The number of hydrogen-bond donors (Lipinski definition) is 1. The normalized spacial score (nSPS) is 26.6. The molecule has 2 aromatic carbocycles. The van der Waals surface area contributed by atoms with Crippen molar-refractivity contribution in [3.63, 3.8) is 0 Å². The third-order valence-electron chi connectivity index (χ3n) is 7.09. The Hall–Kier alpha value is -2.98. The highest BCUT2D eigenvalue weighted by Gasteiger charge is 2.50. The lowest BCUT2D eigenvalue weighted by Crippen LogP contribution is -2.67. The molecule has 35 heavy (non-hydrogen) atoms. The second-order valence-corrected chi connectivity index (χ2v) is 9.12. The lowest BCUT2D eigenvalue weighted by molar-refractivity contribution is -0.194. The van der Waals surface area contributed by atoms with Crippen LogP contribution in [0, 0.1) is 5.82 Å². The maximum absolute atomic E-state index is 13.7. The first-order valence-electron chi connectivity index (χ1n) is 11.6. The molecule has 4 atom stereocenters. The van der Waals surface area contributed by atoms with Crippen molar-refractivity contribution in [1.29, 1.82) is 0 Å². The number of carbonyl (C=O) groups excluding carboxylic acids is 2. The van der Waals surface area contributed by atoms with E-state index in [9.17, 15) is 27.2 Å². The molecule has 2 saturated heterocycles. The number of rotatable bonds is 2. The summed E-state index contributed by atoms with van der Waals surface area (Å²) in [5.41, 5.74) is 2.81. The van der Waals surface area contributed by atoms with E-state index < -0.39 is 36.3 Å². The Kier molecular flexibility index (Phi) is 6.27. The number of halogens is 4. The van der Waals surface area contributed by atoms with Crippen molar-refractivity contribution in [2.24, 2.45) is 0 Å². The van der Waals surface area contributed by atoms with E-state index in [-0.39, 0.29) is 37.8 Å². The largest absolute Gasteiger partial charge is 0.471 e. The molecule has 2 aromatic rings. The average Bonchev–Trinajstić information content (AvgIpc) is 2.86. The molecule has 10 heteroatoms. The topological polar surface area (TPSA) is 61.9 Å². The summed E-state index contributed by atoms with van der Waals surface area (Å²) in [6.45, 7) is 0.399. The predicted molar refractivity (Wildman–Crippen MR) is 118 cm³/mol. The second-order valence-electron chi connectivity index (χ2n) is 9.12. The fourth-order valence-corrected chi connectivity index (χ4v) is 5.43. The average molecular weight is 491 g/mol. The van der Waals surface area contributed by atoms with Gasteiger partial charge in [-0.25, -0.2) is 4.39 Å². The molecule has 0 aliphatic carbocycles. The first-order chi connectivity index (χ1) is 16.7. The zero-order valence-electron chi connectivity index (χ0n) is 18.8. The molecule has 2 fully saturated rings. The molecular formula is C25H25F4N3O3. The molecule has 2 amide bonds. The summed E-state index contributed by atoms with van der Waals surface area (Å²) in [6.07, 6.45) is -5.03. The highest BCUT2D eigenvalue weighted by atomic mass is 19.4. The Morgan fingerprint density at radius 2 is 1.74 bits per heavy atom. The van der Waals surface area contributed by atoms with Gasteiger partial charge in [0.1, 0.15) is 11.9 Å². The molecule has 0 saturated carbocycles. The molecule has 0 bridgehead atoms. The Morgan fingerprint density at radius 3 is 2.49 bits per heavy atom. The van der Waals surface area contributed by atoms with E-state index >= 15 is 0 Å². The van der Waals surface area contributed by atoms with E-state index in [4.69, 9.17) is 4.74 Å².